The minimum atomic E-state index is -3.58. The number of hydrogen-bond acceptors (Lipinski definition) is 4. The van der Waals surface area contributed by atoms with Gasteiger partial charge in [-0.2, -0.15) is 17.4 Å². The van der Waals surface area contributed by atoms with Crippen molar-refractivity contribution in [1.29, 1.82) is 0 Å². The molecular formula is C11H20N2O5S. The van der Waals surface area contributed by atoms with Crippen LogP contribution in [0.5, 0.6) is 0 Å². The van der Waals surface area contributed by atoms with E-state index < -0.39 is 22.1 Å². The Morgan fingerprint density at radius 3 is 2.68 bits per heavy atom. The molecule has 19 heavy (non-hydrogen) atoms. The Bertz CT molecular complexity index is 432. The molecule has 0 bridgehead atoms. The number of piperidine rings is 1. The molecule has 0 aromatic carbocycles. The first-order valence-electron chi connectivity index (χ1n) is 6.45. The topological polar surface area (TPSA) is 95.9 Å². The summed E-state index contributed by atoms with van der Waals surface area (Å²) in [6.07, 6.45) is 2.60. The Hall–Kier alpha value is -0.700. The highest BCUT2D eigenvalue weighted by Gasteiger charge is 2.37. The maximum Gasteiger partial charge on any atom is 0.307 e. The minimum absolute atomic E-state index is 0.0606. The molecule has 1 saturated heterocycles. The Kier molecular flexibility index (Phi) is 4.44. The van der Waals surface area contributed by atoms with Crippen molar-refractivity contribution in [2.45, 2.75) is 37.8 Å². The fourth-order valence-corrected chi connectivity index (χ4v) is 4.01. The van der Waals surface area contributed by atoms with Gasteiger partial charge in [-0.15, -0.1) is 0 Å². The molecule has 0 amide bonds. The predicted molar refractivity (Wildman–Crippen MR) is 67.8 cm³/mol. The zero-order chi connectivity index (χ0) is 14.0. The molecular weight excluding hydrogens is 272 g/mol. The molecule has 0 radical (unpaired) electrons. The summed E-state index contributed by atoms with van der Waals surface area (Å²) in [6, 6.07) is -0.0971. The van der Waals surface area contributed by atoms with Crippen LogP contribution in [-0.2, 0) is 19.7 Å². The standard InChI is InChI=1S/C11H20N2O5S/c1-18-10-5-9(6-10)12-19(16,17)13-4-2-3-8(7-13)11(14)15/h8-10,12H,2-7H2,1H3,(H,14,15). The first-order chi connectivity index (χ1) is 8.92. The van der Waals surface area contributed by atoms with Crippen molar-refractivity contribution in [3.8, 4) is 0 Å². The summed E-state index contributed by atoms with van der Waals surface area (Å²) in [5, 5.41) is 8.97. The van der Waals surface area contributed by atoms with Gasteiger partial charge in [0.15, 0.2) is 0 Å². The minimum Gasteiger partial charge on any atom is -0.481 e. The van der Waals surface area contributed by atoms with E-state index in [1.165, 1.54) is 4.31 Å². The van der Waals surface area contributed by atoms with Crippen LogP contribution >= 0.6 is 0 Å². The van der Waals surface area contributed by atoms with Gasteiger partial charge in [0.25, 0.3) is 10.2 Å². The van der Waals surface area contributed by atoms with Gasteiger partial charge in [-0.05, 0) is 25.7 Å². The first-order valence-corrected chi connectivity index (χ1v) is 7.89. The average molecular weight is 292 g/mol. The Labute approximate surface area is 113 Å². The molecule has 2 aliphatic rings. The van der Waals surface area contributed by atoms with Crippen LogP contribution in [0.25, 0.3) is 0 Å². The monoisotopic (exact) mass is 292 g/mol. The number of hydrogen-bond donors (Lipinski definition) is 2. The second kappa shape index (κ2) is 5.74. The molecule has 1 atom stereocenters. The average Bonchev–Trinajstić information content (AvgIpc) is 2.33. The number of aliphatic carboxylic acids is 1. The molecule has 1 saturated carbocycles. The molecule has 1 heterocycles. The second-order valence-electron chi connectivity index (χ2n) is 5.18. The van der Waals surface area contributed by atoms with E-state index in [9.17, 15) is 13.2 Å². The summed E-state index contributed by atoms with van der Waals surface area (Å²) in [5.74, 6) is -1.53. The van der Waals surface area contributed by atoms with Crippen molar-refractivity contribution in [3.63, 3.8) is 0 Å². The number of rotatable bonds is 5. The number of ether oxygens (including phenoxy) is 1. The highest BCUT2D eigenvalue weighted by molar-refractivity contribution is 7.87. The van der Waals surface area contributed by atoms with Crippen LogP contribution in [0.1, 0.15) is 25.7 Å². The molecule has 110 valence electrons. The lowest BCUT2D eigenvalue weighted by atomic mass is 9.90. The van der Waals surface area contributed by atoms with E-state index in [1.807, 2.05) is 0 Å². The van der Waals surface area contributed by atoms with Crippen LogP contribution in [0.3, 0.4) is 0 Å². The molecule has 0 spiro atoms. The molecule has 0 aromatic rings. The molecule has 2 N–H and O–H groups in total. The van der Waals surface area contributed by atoms with Crippen molar-refractivity contribution < 1.29 is 23.1 Å². The molecule has 2 rings (SSSR count). The van der Waals surface area contributed by atoms with Crippen molar-refractivity contribution in [2.75, 3.05) is 20.2 Å². The number of methoxy groups -OCH3 is 1. The van der Waals surface area contributed by atoms with Crippen LogP contribution in [0, 0.1) is 5.92 Å². The first kappa shape index (κ1) is 14.7. The van der Waals surface area contributed by atoms with Gasteiger partial charge in [0.05, 0.1) is 12.0 Å². The van der Waals surface area contributed by atoms with E-state index in [0.717, 1.165) is 0 Å². The third kappa shape index (κ3) is 3.44. The quantitative estimate of drug-likeness (QED) is 0.731. The molecule has 1 aliphatic heterocycles. The maximum absolute atomic E-state index is 12.1. The zero-order valence-electron chi connectivity index (χ0n) is 10.9. The van der Waals surface area contributed by atoms with Crippen LogP contribution in [0.15, 0.2) is 0 Å². The number of carboxylic acid groups (broad SMARTS) is 1. The van der Waals surface area contributed by atoms with Crippen molar-refractivity contribution in [3.05, 3.63) is 0 Å². The fourth-order valence-electron chi connectivity index (χ4n) is 2.50. The van der Waals surface area contributed by atoms with Crippen molar-refractivity contribution in [2.24, 2.45) is 5.92 Å². The Morgan fingerprint density at radius 1 is 1.42 bits per heavy atom. The highest BCUT2D eigenvalue weighted by atomic mass is 32.2. The van der Waals surface area contributed by atoms with Gasteiger partial charge in [0.2, 0.25) is 0 Å². The summed E-state index contributed by atoms with van der Waals surface area (Å²) in [5.41, 5.74) is 0. The van der Waals surface area contributed by atoms with Gasteiger partial charge in [0.1, 0.15) is 0 Å². The van der Waals surface area contributed by atoms with Crippen LogP contribution in [0.2, 0.25) is 0 Å². The summed E-state index contributed by atoms with van der Waals surface area (Å²) < 4.78 is 33.2. The Morgan fingerprint density at radius 2 is 2.11 bits per heavy atom. The largest absolute Gasteiger partial charge is 0.481 e. The van der Waals surface area contributed by atoms with E-state index >= 15 is 0 Å². The van der Waals surface area contributed by atoms with Gasteiger partial charge in [-0.25, -0.2) is 0 Å². The fraction of sp³-hybridized carbons (Fsp3) is 0.909. The molecule has 0 aromatic heterocycles. The third-order valence-corrected chi connectivity index (χ3v) is 5.46. The van der Waals surface area contributed by atoms with Crippen LogP contribution in [-0.4, -0.2) is 56.1 Å². The Balaban J connectivity index is 1.90. The van der Waals surface area contributed by atoms with E-state index in [2.05, 4.69) is 4.72 Å². The molecule has 8 heteroatoms. The molecule has 1 aliphatic carbocycles. The van der Waals surface area contributed by atoms with Gasteiger partial charge < -0.3 is 9.84 Å². The van der Waals surface area contributed by atoms with E-state index in [1.54, 1.807) is 7.11 Å². The SMILES string of the molecule is COC1CC(NS(=O)(=O)N2CCCC(C(=O)O)C2)C1. The number of carboxylic acids is 1. The van der Waals surface area contributed by atoms with Crippen LogP contribution < -0.4 is 4.72 Å². The van der Waals surface area contributed by atoms with Crippen molar-refractivity contribution in [1.82, 2.24) is 9.03 Å². The predicted octanol–water partition coefficient (Wildman–Crippen LogP) is -0.205. The summed E-state index contributed by atoms with van der Waals surface area (Å²) in [7, 11) is -1.97. The maximum atomic E-state index is 12.1. The molecule has 1 unspecified atom stereocenters. The lowest BCUT2D eigenvalue weighted by Gasteiger charge is -2.37. The van der Waals surface area contributed by atoms with Gasteiger partial charge in [0, 0.05) is 26.2 Å². The summed E-state index contributed by atoms with van der Waals surface area (Å²) in [6.45, 7) is 0.449. The smallest absolute Gasteiger partial charge is 0.307 e. The van der Waals surface area contributed by atoms with Crippen molar-refractivity contribution >= 4 is 16.2 Å². The number of carbonyl (C=O) groups is 1. The van der Waals surface area contributed by atoms with Gasteiger partial charge in [-0.3, -0.25) is 4.79 Å². The van der Waals surface area contributed by atoms with Crippen LogP contribution in [0.4, 0.5) is 0 Å². The van der Waals surface area contributed by atoms with E-state index in [4.69, 9.17) is 9.84 Å². The summed E-state index contributed by atoms with van der Waals surface area (Å²) in [4.78, 5) is 10.9. The highest BCUT2D eigenvalue weighted by Crippen LogP contribution is 2.25. The second-order valence-corrected chi connectivity index (χ2v) is 6.89. The number of nitrogens with zero attached hydrogens (tertiary/aromatic N) is 1. The zero-order valence-corrected chi connectivity index (χ0v) is 11.7. The number of nitrogens with one attached hydrogen (secondary N) is 1. The van der Waals surface area contributed by atoms with Gasteiger partial charge in [-0.1, -0.05) is 0 Å². The lowest BCUT2D eigenvalue weighted by molar-refractivity contribution is -0.142. The van der Waals surface area contributed by atoms with E-state index in [-0.39, 0.29) is 18.7 Å². The molecule has 2 fully saturated rings. The third-order valence-electron chi connectivity index (χ3n) is 3.82. The van der Waals surface area contributed by atoms with Gasteiger partial charge >= 0.3 is 5.97 Å². The summed E-state index contributed by atoms with van der Waals surface area (Å²) >= 11 is 0. The normalized spacial score (nSPS) is 32.8. The van der Waals surface area contributed by atoms with E-state index in [0.29, 0.717) is 32.2 Å². The molecule has 7 nitrogen and oxygen atoms in total. The lowest BCUT2D eigenvalue weighted by Crippen LogP contribution is -2.54.